The first-order chi connectivity index (χ1) is 11.9. The average Bonchev–Trinajstić information content (AvgIpc) is 2.93. The van der Waals surface area contributed by atoms with Crippen molar-refractivity contribution in [3.8, 4) is 0 Å². The van der Waals surface area contributed by atoms with Gasteiger partial charge >= 0.3 is 0 Å². The summed E-state index contributed by atoms with van der Waals surface area (Å²) in [4.78, 5) is 12.4. The van der Waals surface area contributed by atoms with Gasteiger partial charge in [-0.15, -0.1) is 0 Å². The van der Waals surface area contributed by atoms with Gasteiger partial charge in [-0.25, -0.2) is 0 Å². The summed E-state index contributed by atoms with van der Waals surface area (Å²) in [5.74, 6) is 4.46. The van der Waals surface area contributed by atoms with E-state index >= 15 is 0 Å². The molecule has 0 aromatic heterocycles. The molecule has 142 valence electrons. The van der Waals surface area contributed by atoms with Gasteiger partial charge in [0.25, 0.3) is 0 Å². The number of carbonyl (C=O) groups is 1. The Labute approximate surface area is 152 Å². The minimum atomic E-state index is -0.435. The minimum absolute atomic E-state index is 0.120. The lowest BCUT2D eigenvalue weighted by molar-refractivity contribution is -0.139. The largest absolute Gasteiger partial charge is 0.390 e. The van der Waals surface area contributed by atoms with Gasteiger partial charge in [-0.2, -0.15) is 0 Å². The summed E-state index contributed by atoms with van der Waals surface area (Å²) < 4.78 is 5.69. The van der Waals surface area contributed by atoms with Gasteiger partial charge in [0, 0.05) is 18.4 Å². The van der Waals surface area contributed by atoms with Crippen LogP contribution >= 0.6 is 0 Å². The topological polar surface area (TPSA) is 46.5 Å². The summed E-state index contributed by atoms with van der Waals surface area (Å²) in [5.41, 5.74) is -0.315. The highest BCUT2D eigenvalue weighted by Crippen LogP contribution is 2.64. The number of rotatable bonds is 3. The maximum atomic E-state index is 12.4. The van der Waals surface area contributed by atoms with E-state index in [1.807, 2.05) is 14.0 Å². The second-order valence-corrected chi connectivity index (χ2v) is 10.1. The molecule has 0 radical (unpaired) electrons. The zero-order chi connectivity index (χ0) is 17.8. The fourth-order valence-electron chi connectivity index (χ4n) is 8.05. The molecule has 3 heteroatoms. The SMILES string of the molecule is COC[C@]12CC[C@H]3C(CC[C@@H]4C[C@](C)(O)CC[C@@H]43)[C@@H]1CC[C@@H]2C(C)=O. The highest BCUT2D eigenvalue weighted by atomic mass is 16.5. The summed E-state index contributed by atoms with van der Waals surface area (Å²) in [5, 5.41) is 10.5. The van der Waals surface area contributed by atoms with Crippen LogP contribution in [-0.4, -0.2) is 30.2 Å². The molecule has 4 aliphatic rings. The predicted molar refractivity (Wildman–Crippen MR) is 98.1 cm³/mol. The quantitative estimate of drug-likeness (QED) is 0.830. The number of ether oxygens (including phenoxy) is 1. The molecule has 4 aliphatic carbocycles. The monoisotopic (exact) mass is 348 g/mol. The normalized spacial score (nSPS) is 52.2. The highest BCUT2D eigenvalue weighted by molar-refractivity contribution is 5.79. The van der Waals surface area contributed by atoms with E-state index in [1.165, 1.54) is 38.5 Å². The Bertz CT molecular complexity index is 527. The zero-order valence-corrected chi connectivity index (χ0v) is 16.3. The Morgan fingerprint density at radius 2 is 1.80 bits per heavy atom. The van der Waals surface area contributed by atoms with Crippen molar-refractivity contribution < 1.29 is 14.6 Å². The Morgan fingerprint density at radius 1 is 1.04 bits per heavy atom. The molecule has 3 nitrogen and oxygen atoms in total. The second kappa shape index (κ2) is 6.34. The third kappa shape index (κ3) is 2.81. The molecule has 0 spiro atoms. The summed E-state index contributed by atoms with van der Waals surface area (Å²) in [7, 11) is 1.81. The molecule has 1 N–H and O–H groups in total. The Morgan fingerprint density at radius 3 is 2.52 bits per heavy atom. The average molecular weight is 349 g/mol. The lowest BCUT2D eigenvalue weighted by Crippen LogP contribution is -2.53. The number of methoxy groups -OCH3 is 1. The molecule has 0 heterocycles. The van der Waals surface area contributed by atoms with Crippen LogP contribution in [0.15, 0.2) is 0 Å². The lowest BCUT2D eigenvalue weighted by atomic mass is 9.48. The third-order valence-corrected chi connectivity index (χ3v) is 8.86. The molecule has 0 amide bonds. The fraction of sp³-hybridized carbons (Fsp3) is 0.955. The fourth-order valence-corrected chi connectivity index (χ4v) is 8.05. The Balaban J connectivity index is 1.58. The van der Waals surface area contributed by atoms with Gasteiger partial charge in [-0.1, -0.05) is 0 Å². The van der Waals surface area contributed by atoms with E-state index in [2.05, 4.69) is 0 Å². The van der Waals surface area contributed by atoms with E-state index in [4.69, 9.17) is 4.74 Å². The van der Waals surface area contributed by atoms with Crippen LogP contribution in [0.4, 0.5) is 0 Å². The van der Waals surface area contributed by atoms with Crippen LogP contribution < -0.4 is 0 Å². The number of aliphatic hydroxyl groups is 1. The summed E-state index contributed by atoms with van der Waals surface area (Å²) in [6.07, 6.45) is 10.5. The number of carbonyl (C=O) groups excluding carboxylic acids is 1. The van der Waals surface area contributed by atoms with E-state index in [9.17, 15) is 9.90 Å². The second-order valence-electron chi connectivity index (χ2n) is 10.1. The molecule has 8 atom stereocenters. The smallest absolute Gasteiger partial charge is 0.133 e. The molecule has 0 aromatic rings. The molecule has 0 saturated heterocycles. The first kappa shape index (κ1) is 18.0. The maximum absolute atomic E-state index is 12.4. The van der Waals surface area contributed by atoms with Crippen molar-refractivity contribution in [2.45, 2.75) is 77.2 Å². The minimum Gasteiger partial charge on any atom is -0.390 e. The molecule has 0 aromatic carbocycles. The number of ketones is 1. The number of Topliss-reactive ketones (excluding diaryl/α,β-unsaturated/α-hetero) is 1. The van der Waals surface area contributed by atoms with Crippen molar-refractivity contribution in [3.63, 3.8) is 0 Å². The van der Waals surface area contributed by atoms with E-state index in [1.54, 1.807) is 6.92 Å². The van der Waals surface area contributed by atoms with Crippen LogP contribution in [0.25, 0.3) is 0 Å². The molecule has 0 bridgehead atoms. The third-order valence-electron chi connectivity index (χ3n) is 8.86. The van der Waals surface area contributed by atoms with Crippen LogP contribution in [0.2, 0.25) is 0 Å². The van der Waals surface area contributed by atoms with Gasteiger partial charge < -0.3 is 9.84 Å². The molecule has 4 rings (SSSR count). The standard InChI is InChI=1S/C22H36O3/c1-14(23)19-6-7-20-18-5-4-15-12-21(2,24)10-8-16(15)17(18)9-11-22(19,20)13-25-3/h15-20,24H,4-13H2,1-3H3/t15-,16+,17-,18?,19-,20+,21-,22+/m1/s1. The Hall–Kier alpha value is -0.410. The first-order valence-electron chi connectivity index (χ1n) is 10.6. The van der Waals surface area contributed by atoms with E-state index in [0.717, 1.165) is 49.5 Å². The molecule has 0 aliphatic heterocycles. The van der Waals surface area contributed by atoms with Crippen molar-refractivity contribution in [2.75, 3.05) is 13.7 Å². The van der Waals surface area contributed by atoms with Gasteiger partial charge in [0.15, 0.2) is 0 Å². The lowest BCUT2D eigenvalue weighted by Gasteiger charge is -2.57. The molecular formula is C22H36O3. The number of fused-ring (bicyclic) bond motifs is 5. The van der Waals surface area contributed by atoms with Gasteiger partial charge in [-0.05, 0) is 101 Å². The van der Waals surface area contributed by atoms with Crippen LogP contribution in [0, 0.1) is 40.9 Å². The molecule has 4 saturated carbocycles. The predicted octanol–water partition coefficient (Wildman–Crippen LogP) is 4.22. The number of hydrogen-bond donors (Lipinski definition) is 1. The van der Waals surface area contributed by atoms with Gasteiger partial charge in [0.05, 0.1) is 12.2 Å². The molecular weight excluding hydrogens is 312 g/mol. The Kier molecular flexibility index (Phi) is 4.56. The van der Waals surface area contributed by atoms with Crippen LogP contribution in [-0.2, 0) is 9.53 Å². The maximum Gasteiger partial charge on any atom is 0.133 e. The molecule has 25 heavy (non-hydrogen) atoms. The van der Waals surface area contributed by atoms with E-state index < -0.39 is 5.60 Å². The highest BCUT2D eigenvalue weighted by Gasteiger charge is 2.60. The molecule has 1 unspecified atom stereocenters. The van der Waals surface area contributed by atoms with E-state index in [0.29, 0.717) is 11.7 Å². The van der Waals surface area contributed by atoms with Crippen LogP contribution in [0.1, 0.15) is 71.6 Å². The number of hydrogen-bond acceptors (Lipinski definition) is 3. The summed E-state index contributed by atoms with van der Waals surface area (Å²) in [6.45, 7) is 4.61. The molecule has 4 fully saturated rings. The van der Waals surface area contributed by atoms with Gasteiger partial charge in [-0.3, -0.25) is 4.79 Å². The van der Waals surface area contributed by atoms with Gasteiger partial charge in [0.2, 0.25) is 0 Å². The van der Waals surface area contributed by atoms with E-state index in [-0.39, 0.29) is 11.3 Å². The van der Waals surface area contributed by atoms with Crippen molar-refractivity contribution in [1.29, 1.82) is 0 Å². The van der Waals surface area contributed by atoms with Crippen molar-refractivity contribution in [3.05, 3.63) is 0 Å². The summed E-state index contributed by atoms with van der Waals surface area (Å²) in [6, 6.07) is 0. The van der Waals surface area contributed by atoms with Crippen molar-refractivity contribution >= 4 is 5.78 Å². The zero-order valence-electron chi connectivity index (χ0n) is 16.3. The van der Waals surface area contributed by atoms with Gasteiger partial charge in [0.1, 0.15) is 5.78 Å². The van der Waals surface area contributed by atoms with Crippen molar-refractivity contribution in [1.82, 2.24) is 0 Å². The van der Waals surface area contributed by atoms with Crippen LogP contribution in [0.5, 0.6) is 0 Å². The van der Waals surface area contributed by atoms with Crippen molar-refractivity contribution in [2.24, 2.45) is 40.9 Å². The summed E-state index contributed by atoms with van der Waals surface area (Å²) >= 11 is 0. The first-order valence-corrected chi connectivity index (χ1v) is 10.6. The van der Waals surface area contributed by atoms with Crippen LogP contribution in [0.3, 0.4) is 0 Å².